The lowest BCUT2D eigenvalue weighted by atomic mass is 10.0. The fourth-order valence-electron chi connectivity index (χ4n) is 10.1. The SMILES string of the molecule is CCCCCCCC/C=C\CCCCCCCCCCCC(=O)OCC(COC(=O)CCCCCCCCCCCCCCCCCC)OC(=O)CCCCCCCCCCCCCCCCCCCCC. The second-order valence-electron chi connectivity index (χ2n) is 22.4. The van der Waals surface area contributed by atoms with Gasteiger partial charge < -0.3 is 14.2 Å². The predicted molar refractivity (Wildman–Crippen MR) is 312 cm³/mol. The molecule has 0 aliphatic rings. The lowest BCUT2D eigenvalue weighted by Crippen LogP contribution is -2.30. The van der Waals surface area contributed by atoms with E-state index in [2.05, 4.69) is 32.9 Å². The number of carbonyl (C=O) groups is 3. The summed E-state index contributed by atoms with van der Waals surface area (Å²) in [7, 11) is 0. The van der Waals surface area contributed by atoms with Crippen LogP contribution in [-0.4, -0.2) is 37.2 Å². The third-order valence-electron chi connectivity index (χ3n) is 15.0. The molecule has 0 aliphatic heterocycles. The van der Waals surface area contributed by atoms with Gasteiger partial charge >= 0.3 is 17.9 Å². The summed E-state index contributed by atoms with van der Waals surface area (Å²) in [4.78, 5) is 38.3. The molecule has 0 aromatic heterocycles. The molecule has 0 spiro atoms. The van der Waals surface area contributed by atoms with Crippen molar-refractivity contribution in [2.45, 2.75) is 380 Å². The molecule has 426 valence electrons. The van der Waals surface area contributed by atoms with Crippen LogP contribution in [0.4, 0.5) is 0 Å². The van der Waals surface area contributed by atoms with Crippen molar-refractivity contribution in [3.8, 4) is 0 Å². The Morgan fingerprint density at radius 1 is 0.264 bits per heavy atom. The number of ether oxygens (including phenoxy) is 3. The molecular formula is C66H126O6. The minimum Gasteiger partial charge on any atom is -0.462 e. The average molecular weight is 1020 g/mol. The molecule has 0 N–H and O–H groups in total. The molecule has 0 aromatic rings. The smallest absolute Gasteiger partial charge is 0.306 e. The Morgan fingerprint density at radius 3 is 0.694 bits per heavy atom. The molecule has 6 heteroatoms. The first kappa shape index (κ1) is 70.1. The van der Waals surface area contributed by atoms with Gasteiger partial charge in [-0.3, -0.25) is 14.4 Å². The Hall–Kier alpha value is -1.85. The maximum atomic E-state index is 12.9. The minimum absolute atomic E-state index is 0.0636. The van der Waals surface area contributed by atoms with Gasteiger partial charge in [0.15, 0.2) is 6.10 Å². The molecule has 0 saturated carbocycles. The first-order valence-corrected chi connectivity index (χ1v) is 32.7. The second kappa shape index (κ2) is 61.7. The third-order valence-corrected chi connectivity index (χ3v) is 15.0. The monoisotopic (exact) mass is 1010 g/mol. The van der Waals surface area contributed by atoms with E-state index in [-0.39, 0.29) is 31.1 Å². The van der Waals surface area contributed by atoms with E-state index in [0.717, 1.165) is 57.8 Å². The van der Waals surface area contributed by atoms with E-state index >= 15 is 0 Å². The fraction of sp³-hybridized carbons (Fsp3) is 0.924. The van der Waals surface area contributed by atoms with Gasteiger partial charge in [-0.15, -0.1) is 0 Å². The molecule has 0 saturated heterocycles. The van der Waals surface area contributed by atoms with Crippen molar-refractivity contribution in [3.63, 3.8) is 0 Å². The third kappa shape index (κ3) is 59.0. The fourth-order valence-corrected chi connectivity index (χ4v) is 10.1. The van der Waals surface area contributed by atoms with Crippen LogP contribution in [0.15, 0.2) is 12.2 Å². The normalized spacial score (nSPS) is 12.0. The Labute approximate surface area is 450 Å². The maximum absolute atomic E-state index is 12.9. The topological polar surface area (TPSA) is 78.9 Å². The highest BCUT2D eigenvalue weighted by Gasteiger charge is 2.19. The van der Waals surface area contributed by atoms with Gasteiger partial charge in [-0.1, -0.05) is 322 Å². The molecule has 0 aliphatic carbocycles. The zero-order valence-electron chi connectivity index (χ0n) is 49.0. The Balaban J connectivity index is 4.30. The first-order valence-electron chi connectivity index (χ1n) is 32.7. The number of unbranched alkanes of at least 4 members (excludes halogenated alkanes) is 48. The van der Waals surface area contributed by atoms with Crippen molar-refractivity contribution >= 4 is 17.9 Å². The summed E-state index contributed by atoms with van der Waals surface area (Å²) in [6, 6.07) is 0. The first-order chi connectivity index (χ1) is 35.5. The number of hydrogen-bond donors (Lipinski definition) is 0. The second-order valence-corrected chi connectivity index (χ2v) is 22.4. The van der Waals surface area contributed by atoms with E-state index < -0.39 is 6.10 Å². The van der Waals surface area contributed by atoms with Gasteiger partial charge in [-0.25, -0.2) is 0 Å². The summed E-state index contributed by atoms with van der Waals surface area (Å²) >= 11 is 0. The molecule has 0 heterocycles. The summed E-state index contributed by atoms with van der Waals surface area (Å²) in [5.74, 6) is -0.833. The van der Waals surface area contributed by atoms with Crippen LogP contribution >= 0.6 is 0 Å². The minimum atomic E-state index is -0.766. The van der Waals surface area contributed by atoms with E-state index in [0.29, 0.717) is 19.3 Å². The Morgan fingerprint density at radius 2 is 0.458 bits per heavy atom. The summed E-state index contributed by atoms with van der Waals surface area (Å²) < 4.78 is 17.0. The van der Waals surface area contributed by atoms with E-state index in [1.165, 1.54) is 276 Å². The van der Waals surface area contributed by atoms with E-state index in [4.69, 9.17) is 14.2 Å². The van der Waals surface area contributed by atoms with Crippen LogP contribution in [0.3, 0.4) is 0 Å². The van der Waals surface area contributed by atoms with Crippen LogP contribution in [0, 0.1) is 0 Å². The molecule has 0 fully saturated rings. The van der Waals surface area contributed by atoms with Crippen molar-refractivity contribution in [2.75, 3.05) is 13.2 Å². The largest absolute Gasteiger partial charge is 0.462 e. The lowest BCUT2D eigenvalue weighted by Gasteiger charge is -2.18. The van der Waals surface area contributed by atoms with Crippen LogP contribution in [0.1, 0.15) is 374 Å². The van der Waals surface area contributed by atoms with Crippen molar-refractivity contribution in [1.82, 2.24) is 0 Å². The summed E-state index contributed by atoms with van der Waals surface area (Å²) in [6.07, 6.45) is 72.1. The molecule has 0 radical (unpaired) electrons. The van der Waals surface area contributed by atoms with Gasteiger partial charge in [0.05, 0.1) is 0 Å². The molecule has 0 amide bonds. The maximum Gasteiger partial charge on any atom is 0.306 e. The molecule has 1 unspecified atom stereocenters. The van der Waals surface area contributed by atoms with Gasteiger partial charge in [-0.2, -0.15) is 0 Å². The van der Waals surface area contributed by atoms with Crippen molar-refractivity contribution in [3.05, 3.63) is 12.2 Å². The van der Waals surface area contributed by atoms with E-state index in [9.17, 15) is 14.4 Å². The quantitative estimate of drug-likeness (QED) is 0.0261. The number of rotatable bonds is 61. The van der Waals surface area contributed by atoms with Gasteiger partial charge in [0.2, 0.25) is 0 Å². The molecule has 0 aromatic carbocycles. The zero-order valence-corrected chi connectivity index (χ0v) is 49.0. The average Bonchev–Trinajstić information content (AvgIpc) is 3.38. The van der Waals surface area contributed by atoms with Gasteiger partial charge in [0.1, 0.15) is 13.2 Å². The molecule has 72 heavy (non-hydrogen) atoms. The zero-order chi connectivity index (χ0) is 52.2. The standard InChI is InChI=1S/C66H126O6/c1-4-7-10-13-16-19-22-25-28-31-33-35-38-41-44-47-50-53-56-59-65(68)71-62-63(61-70-64(67)58-55-52-49-46-43-40-37-30-27-24-21-18-15-12-9-6-3)72-66(69)60-57-54-51-48-45-42-39-36-34-32-29-26-23-20-17-14-11-8-5-2/h25,28,63H,4-24,26-27,29-62H2,1-3H3/b28-25-. The number of hydrogen-bond acceptors (Lipinski definition) is 6. The number of allylic oxidation sites excluding steroid dienone is 2. The van der Waals surface area contributed by atoms with Crippen molar-refractivity contribution in [1.29, 1.82) is 0 Å². The summed E-state index contributed by atoms with van der Waals surface area (Å²) in [5.41, 5.74) is 0. The molecule has 1 atom stereocenters. The lowest BCUT2D eigenvalue weighted by molar-refractivity contribution is -0.167. The molecule has 0 bridgehead atoms. The van der Waals surface area contributed by atoms with Crippen LogP contribution in [0.5, 0.6) is 0 Å². The molecular weight excluding hydrogens is 889 g/mol. The summed E-state index contributed by atoms with van der Waals surface area (Å²) in [6.45, 7) is 6.72. The Bertz CT molecular complexity index is 1120. The van der Waals surface area contributed by atoms with Crippen LogP contribution in [-0.2, 0) is 28.6 Å². The highest BCUT2D eigenvalue weighted by atomic mass is 16.6. The van der Waals surface area contributed by atoms with Crippen molar-refractivity contribution in [2.24, 2.45) is 0 Å². The van der Waals surface area contributed by atoms with Crippen LogP contribution in [0.2, 0.25) is 0 Å². The highest BCUT2D eigenvalue weighted by Crippen LogP contribution is 2.18. The number of esters is 3. The van der Waals surface area contributed by atoms with Gasteiger partial charge in [0.25, 0.3) is 0 Å². The van der Waals surface area contributed by atoms with E-state index in [1.807, 2.05) is 0 Å². The summed E-state index contributed by atoms with van der Waals surface area (Å²) in [5, 5.41) is 0. The number of carbonyl (C=O) groups excluding carboxylic acids is 3. The van der Waals surface area contributed by atoms with Gasteiger partial charge in [-0.05, 0) is 44.9 Å². The predicted octanol–water partition coefficient (Wildman–Crippen LogP) is 22.1. The Kier molecular flexibility index (Phi) is 60.1. The molecule has 6 nitrogen and oxygen atoms in total. The van der Waals surface area contributed by atoms with E-state index in [1.54, 1.807) is 0 Å². The van der Waals surface area contributed by atoms with Gasteiger partial charge in [0, 0.05) is 19.3 Å². The van der Waals surface area contributed by atoms with Crippen LogP contribution < -0.4 is 0 Å². The van der Waals surface area contributed by atoms with Crippen molar-refractivity contribution < 1.29 is 28.6 Å². The highest BCUT2D eigenvalue weighted by molar-refractivity contribution is 5.71. The van der Waals surface area contributed by atoms with Crippen LogP contribution in [0.25, 0.3) is 0 Å². The molecule has 0 rings (SSSR count).